The molecule has 21 heavy (non-hydrogen) atoms. The van der Waals surface area contributed by atoms with Crippen molar-refractivity contribution in [3.05, 3.63) is 17.8 Å². The van der Waals surface area contributed by atoms with Gasteiger partial charge in [-0.15, -0.1) is 0 Å². The molecule has 0 aliphatic heterocycles. The molecule has 0 spiro atoms. The molecular formula is C15H22N4O2. The number of anilines is 2. The van der Waals surface area contributed by atoms with Crippen molar-refractivity contribution in [1.29, 1.82) is 5.26 Å². The van der Waals surface area contributed by atoms with Gasteiger partial charge < -0.3 is 15.4 Å². The number of carbonyl (C=O) groups is 1. The molecule has 0 aliphatic carbocycles. The summed E-state index contributed by atoms with van der Waals surface area (Å²) in [5.74, 6) is 0.462. The van der Waals surface area contributed by atoms with Crippen molar-refractivity contribution < 1.29 is 9.53 Å². The third-order valence-corrected chi connectivity index (χ3v) is 2.84. The van der Waals surface area contributed by atoms with Crippen LogP contribution in [0.15, 0.2) is 12.3 Å². The highest BCUT2D eigenvalue weighted by Crippen LogP contribution is 2.25. The number of pyridine rings is 1. The van der Waals surface area contributed by atoms with Crippen molar-refractivity contribution >= 4 is 17.5 Å². The Morgan fingerprint density at radius 2 is 2.29 bits per heavy atom. The molecule has 0 aliphatic rings. The second-order valence-corrected chi connectivity index (χ2v) is 5.06. The van der Waals surface area contributed by atoms with E-state index in [1.165, 1.54) is 6.20 Å². The van der Waals surface area contributed by atoms with Gasteiger partial charge in [0.25, 0.3) is 0 Å². The fourth-order valence-corrected chi connectivity index (χ4v) is 2.01. The third-order valence-electron chi connectivity index (χ3n) is 2.84. The van der Waals surface area contributed by atoms with Crippen LogP contribution in [0.5, 0.6) is 0 Å². The van der Waals surface area contributed by atoms with Crippen molar-refractivity contribution in [2.24, 2.45) is 5.92 Å². The lowest BCUT2D eigenvalue weighted by Gasteiger charge is -2.26. The van der Waals surface area contributed by atoms with E-state index in [0.29, 0.717) is 49.1 Å². The maximum absolute atomic E-state index is 11.9. The van der Waals surface area contributed by atoms with Crippen LogP contribution in [0.4, 0.5) is 11.5 Å². The first-order valence-electron chi connectivity index (χ1n) is 7.04. The maximum atomic E-state index is 11.9. The molecule has 1 rings (SSSR count). The molecule has 0 fully saturated rings. The first-order chi connectivity index (χ1) is 10.0. The lowest BCUT2D eigenvalue weighted by molar-refractivity contribution is 0.0527. The summed E-state index contributed by atoms with van der Waals surface area (Å²) < 4.78 is 4.99. The van der Waals surface area contributed by atoms with E-state index in [1.807, 2.05) is 4.90 Å². The molecule has 0 amide bonds. The molecule has 1 aromatic heterocycles. The minimum Gasteiger partial charge on any atom is -0.462 e. The van der Waals surface area contributed by atoms with Crippen molar-refractivity contribution in [3.63, 3.8) is 0 Å². The Bertz CT molecular complexity index is 523. The zero-order chi connectivity index (χ0) is 15.8. The van der Waals surface area contributed by atoms with Gasteiger partial charge in [-0.1, -0.05) is 13.8 Å². The van der Waals surface area contributed by atoms with Gasteiger partial charge in [-0.3, -0.25) is 0 Å². The highest BCUT2D eigenvalue weighted by Gasteiger charge is 2.19. The number of nitrogens with two attached hydrogens (primary N) is 1. The fourth-order valence-electron chi connectivity index (χ4n) is 2.01. The van der Waals surface area contributed by atoms with E-state index in [-0.39, 0.29) is 0 Å². The lowest BCUT2D eigenvalue weighted by Crippen LogP contribution is -2.30. The van der Waals surface area contributed by atoms with E-state index in [0.717, 1.165) is 0 Å². The summed E-state index contributed by atoms with van der Waals surface area (Å²) in [5.41, 5.74) is 6.69. The summed E-state index contributed by atoms with van der Waals surface area (Å²) in [4.78, 5) is 18.1. The van der Waals surface area contributed by atoms with Crippen LogP contribution in [-0.4, -0.2) is 30.6 Å². The summed E-state index contributed by atoms with van der Waals surface area (Å²) in [6.45, 7) is 7.42. The molecule has 1 heterocycles. The van der Waals surface area contributed by atoms with Crippen molar-refractivity contribution in [3.8, 4) is 6.07 Å². The van der Waals surface area contributed by atoms with Crippen LogP contribution in [0.2, 0.25) is 0 Å². The Hall–Kier alpha value is -2.29. The fraction of sp³-hybridized carbons (Fsp3) is 0.533. The van der Waals surface area contributed by atoms with Gasteiger partial charge >= 0.3 is 5.97 Å². The number of hydrogen-bond donors (Lipinski definition) is 1. The molecule has 0 unspecified atom stereocenters. The second-order valence-electron chi connectivity index (χ2n) is 5.06. The van der Waals surface area contributed by atoms with E-state index in [9.17, 15) is 4.79 Å². The van der Waals surface area contributed by atoms with Crippen LogP contribution >= 0.6 is 0 Å². The molecule has 0 saturated heterocycles. The monoisotopic (exact) mass is 290 g/mol. The van der Waals surface area contributed by atoms with Gasteiger partial charge in [0.15, 0.2) is 5.82 Å². The average molecular weight is 290 g/mol. The standard InChI is InChI=1S/C15H22N4O2/c1-4-21-15(20)12-6-8-18-14(13(12)17)19(9-5-7-16)10-11(2)3/h6,8,11H,4-5,9-10,17H2,1-3H3. The van der Waals surface area contributed by atoms with Gasteiger partial charge in [0.05, 0.1) is 30.3 Å². The highest BCUT2D eigenvalue weighted by atomic mass is 16.5. The molecule has 114 valence electrons. The molecule has 6 heteroatoms. The summed E-state index contributed by atoms with van der Waals surface area (Å²) in [6, 6.07) is 3.67. The number of esters is 1. The molecule has 2 N–H and O–H groups in total. The minimum absolute atomic E-state index is 0.292. The van der Waals surface area contributed by atoms with E-state index in [4.69, 9.17) is 15.7 Å². The summed E-state index contributed by atoms with van der Waals surface area (Å²) in [6.07, 6.45) is 1.91. The maximum Gasteiger partial charge on any atom is 0.340 e. The second kappa shape index (κ2) is 8.10. The van der Waals surface area contributed by atoms with Gasteiger partial charge in [0, 0.05) is 19.3 Å². The van der Waals surface area contributed by atoms with Crippen molar-refractivity contribution in [1.82, 2.24) is 4.98 Å². The van der Waals surface area contributed by atoms with Gasteiger partial charge in [-0.2, -0.15) is 5.26 Å². The number of hydrogen-bond acceptors (Lipinski definition) is 6. The van der Waals surface area contributed by atoms with Crippen LogP contribution in [0.25, 0.3) is 0 Å². The number of aromatic nitrogens is 1. The lowest BCUT2D eigenvalue weighted by atomic mass is 10.1. The van der Waals surface area contributed by atoms with Crippen LogP contribution in [-0.2, 0) is 4.74 Å². The predicted molar refractivity (Wildman–Crippen MR) is 81.9 cm³/mol. The molecule has 0 radical (unpaired) electrons. The highest BCUT2D eigenvalue weighted by molar-refractivity contribution is 5.97. The smallest absolute Gasteiger partial charge is 0.340 e. The van der Waals surface area contributed by atoms with E-state index in [2.05, 4.69) is 24.9 Å². The first kappa shape index (κ1) is 16.8. The molecule has 1 aromatic rings. The third kappa shape index (κ3) is 4.63. The van der Waals surface area contributed by atoms with Crippen LogP contribution in [0.1, 0.15) is 37.6 Å². The van der Waals surface area contributed by atoms with E-state index >= 15 is 0 Å². The quantitative estimate of drug-likeness (QED) is 0.774. The van der Waals surface area contributed by atoms with Crippen LogP contribution in [0.3, 0.4) is 0 Å². The summed E-state index contributed by atoms with van der Waals surface area (Å²) in [5, 5.41) is 8.78. The molecule has 0 saturated carbocycles. The van der Waals surface area contributed by atoms with E-state index in [1.54, 1.807) is 13.0 Å². The van der Waals surface area contributed by atoms with Crippen LogP contribution < -0.4 is 10.6 Å². The Labute approximate surface area is 125 Å². The molecular weight excluding hydrogens is 268 g/mol. The predicted octanol–water partition coefficient (Wildman–Crippen LogP) is 2.22. The van der Waals surface area contributed by atoms with Gasteiger partial charge in [-0.05, 0) is 18.9 Å². The number of ether oxygens (including phenoxy) is 1. The van der Waals surface area contributed by atoms with Crippen molar-refractivity contribution in [2.45, 2.75) is 27.2 Å². The number of nitriles is 1. The molecule has 0 bridgehead atoms. The molecule has 0 aromatic carbocycles. The first-order valence-corrected chi connectivity index (χ1v) is 7.04. The minimum atomic E-state index is -0.455. The number of carbonyl (C=O) groups excluding carboxylic acids is 1. The number of nitrogen functional groups attached to an aromatic ring is 1. The van der Waals surface area contributed by atoms with E-state index < -0.39 is 5.97 Å². The Balaban J connectivity index is 3.10. The Kier molecular flexibility index (Phi) is 6.47. The van der Waals surface area contributed by atoms with Gasteiger partial charge in [-0.25, -0.2) is 9.78 Å². The summed E-state index contributed by atoms with van der Waals surface area (Å²) in [7, 11) is 0. The Morgan fingerprint density at radius 3 is 2.86 bits per heavy atom. The van der Waals surface area contributed by atoms with Gasteiger partial charge in [0.1, 0.15) is 0 Å². The number of rotatable bonds is 7. The van der Waals surface area contributed by atoms with Gasteiger partial charge in [0.2, 0.25) is 0 Å². The molecule has 6 nitrogen and oxygen atoms in total. The van der Waals surface area contributed by atoms with Crippen LogP contribution in [0, 0.1) is 17.2 Å². The SMILES string of the molecule is CCOC(=O)c1ccnc(N(CCC#N)CC(C)C)c1N. The Morgan fingerprint density at radius 1 is 1.57 bits per heavy atom. The van der Waals surface area contributed by atoms with Crippen molar-refractivity contribution in [2.75, 3.05) is 30.3 Å². The zero-order valence-corrected chi connectivity index (χ0v) is 12.8. The molecule has 0 atom stereocenters. The summed E-state index contributed by atoms with van der Waals surface area (Å²) >= 11 is 0. The largest absolute Gasteiger partial charge is 0.462 e. The number of nitrogens with zero attached hydrogens (tertiary/aromatic N) is 3. The average Bonchev–Trinajstić information content (AvgIpc) is 2.43. The zero-order valence-electron chi connectivity index (χ0n) is 12.8. The topological polar surface area (TPSA) is 92.2 Å². The normalized spacial score (nSPS) is 10.2.